The van der Waals surface area contributed by atoms with Gasteiger partial charge in [-0.1, -0.05) is 0 Å². The Morgan fingerprint density at radius 2 is 2.15 bits per heavy atom. The summed E-state index contributed by atoms with van der Waals surface area (Å²) in [4.78, 5) is 12.0. The molecule has 2 rings (SSSR count). The molecule has 0 bridgehead atoms. The van der Waals surface area contributed by atoms with Crippen LogP contribution in [-0.2, 0) is 0 Å². The van der Waals surface area contributed by atoms with Crippen LogP contribution >= 0.6 is 12.4 Å². The molecule has 1 aliphatic rings. The van der Waals surface area contributed by atoms with Crippen LogP contribution in [0.4, 0.5) is 0 Å². The van der Waals surface area contributed by atoms with Gasteiger partial charge in [-0.15, -0.1) is 12.4 Å². The minimum Gasteiger partial charge on any atom is -0.493 e. The van der Waals surface area contributed by atoms with Gasteiger partial charge < -0.3 is 20.1 Å². The molecule has 1 aromatic rings. The van der Waals surface area contributed by atoms with Crippen molar-refractivity contribution in [2.24, 2.45) is 5.92 Å². The van der Waals surface area contributed by atoms with Gasteiger partial charge in [-0.3, -0.25) is 4.79 Å². The number of rotatable bonds is 6. The zero-order valence-corrected chi connectivity index (χ0v) is 12.6. The summed E-state index contributed by atoms with van der Waals surface area (Å²) in [5.74, 6) is 1.71. The molecule has 1 aliphatic heterocycles. The molecule has 20 heavy (non-hydrogen) atoms. The molecule has 6 heteroatoms. The molecule has 5 nitrogen and oxygen atoms in total. The van der Waals surface area contributed by atoms with E-state index in [1.165, 1.54) is 0 Å². The molecule has 1 fully saturated rings. The van der Waals surface area contributed by atoms with E-state index in [2.05, 4.69) is 10.6 Å². The second-order valence-corrected chi connectivity index (χ2v) is 4.53. The number of ether oxygens (including phenoxy) is 2. The van der Waals surface area contributed by atoms with Gasteiger partial charge in [0.25, 0.3) is 5.91 Å². The molecule has 112 valence electrons. The number of hydrogen-bond donors (Lipinski definition) is 2. The first-order valence-corrected chi connectivity index (χ1v) is 6.54. The van der Waals surface area contributed by atoms with E-state index < -0.39 is 0 Å². The second kappa shape index (κ2) is 7.97. The van der Waals surface area contributed by atoms with Crippen LogP contribution in [-0.4, -0.2) is 39.3 Å². The molecule has 1 aromatic carbocycles. The Balaban J connectivity index is 0.00000200. The van der Waals surface area contributed by atoms with Crippen LogP contribution < -0.4 is 20.1 Å². The van der Waals surface area contributed by atoms with Crippen LogP contribution in [0.3, 0.4) is 0 Å². The van der Waals surface area contributed by atoms with Crippen LogP contribution in [0.2, 0.25) is 0 Å². The number of nitrogens with one attached hydrogen (secondary N) is 2. The predicted molar refractivity (Wildman–Crippen MR) is 80.1 cm³/mol. The summed E-state index contributed by atoms with van der Waals surface area (Å²) in [6.45, 7) is 5.14. The predicted octanol–water partition coefficient (Wildman–Crippen LogP) is 1.46. The summed E-state index contributed by atoms with van der Waals surface area (Å²) < 4.78 is 10.7. The molecule has 1 saturated heterocycles. The lowest BCUT2D eigenvalue weighted by Crippen LogP contribution is -2.48. The Kier molecular flexibility index (Phi) is 6.61. The van der Waals surface area contributed by atoms with Crippen molar-refractivity contribution >= 4 is 18.3 Å². The smallest absolute Gasteiger partial charge is 0.251 e. The van der Waals surface area contributed by atoms with Gasteiger partial charge in [0.2, 0.25) is 0 Å². The Bertz CT molecular complexity index is 450. The average Bonchev–Trinajstić information content (AvgIpc) is 2.37. The summed E-state index contributed by atoms with van der Waals surface area (Å²) in [7, 11) is 1.57. The van der Waals surface area contributed by atoms with Crippen LogP contribution in [0.25, 0.3) is 0 Å². The lowest BCUT2D eigenvalue weighted by atomic mass is 10.0. The fourth-order valence-electron chi connectivity index (χ4n) is 1.92. The van der Waals surface area contributed by atoms with Crippen molar-refractivity contribution in [1.29, 1.82) is 0 Å². The number of methoxy groups -OCH3 is 1. The van der Waals surface area contributed by atoms with E-state index in [0.29, 0.717) is 36.1 Å². The lowest BCUT2D eigenvalue weighted by Gasteiger charge is -2.27. The SMILES string of the molecule is CCOc1ccc(C(=O)NCC2CNC2)cc1OC.Cl. The summed E-state index contributed by atoms with van der Waals surface area (Å²) in [5, 5.41) is 6.10. The van der Waals surface area contributed by atoms with E-state index in [1.54, 1.807) is 25.3 Å². The van der Waals surface area contributed by atoms with E-state index in [4.69, 9.17) is 9.47 Å². The Hall–Kier alpha value is -1.46. The van der Waals surface area contributed by atoms with Gasteiger partial charge in [-0.05, 0) is 25.1 Å². The second-order valence-electron chi connectivity index (χ2n) is 4.53. The highest BCUT2D eigenvalue weighted by molar-refractivity contribution is 5.94. The van der Waals surface area contributed by atoms with Crippen molar-refractivity contribution in [1.82, 2.24) is 10.6 Å². The Labute approximate surface area is 125 Å². The molecule has 0 unspecified atom stereocenters. The monoisotopic (exact) mass is 300 g/mol. The van der Waals surface area contributed by atoms with Crippen molar-refractivity contribution in [3.05, 3.63) is 23.8 Å². The maximum Gasteiger partial charge on any atom is 0.251 e. The fourth-order valence-corrected chi connectivity index (χ4v) is 1.92. The van der Waals surface area contributed by atoms with Crippen LogP contribution in [0.5, 0.6) is 11.5 Å². The molecule has 1 amide bonds. The van der Waals surface area contributed by atoms with Crippen LogP contribution in [0, 0.1) is 5.92 Å². The molecular weight excluding hydrogens is 280 g/mol. The van der Waals surface area contributed by atoms with Gasteiger partial charge in [-0.25, -0.2) is 0 Å². The number of halogens is 1. The van der Waals surface area contributed by atoms with Gasteiger partial charge in [0.05, 0.1) is 13.7 Å². The van der Waals surface area contributed by atoms with Crippen molar-refractivity contribution in [3.63, 3.8) is 0 Å². The molecule has 1 heterocycles. The highest BCUT2D eigenvalue weighted by Crippen LogP contribution is 2.27. The van der Waals surface area contributed by atoms with Crippen molar-refractivity contribution in [3.8, 4) is 11.5 Å². The van der Waals surface area contributed by atoms with Gasteiger partial charge in [-0.2, -0.15) is 0 Å². The Morgan fingerprint density at radius 3 is 2.70 bits per heavy atom. The largest absolute Gasteiger partial charge is 0.493 e. The standard InChI is InChI=1S/C14H20N2O3.ClH/c1-3-19-12-5-4-11(6-13(12)18-2)14(17)16-9-10-7-15-8-10;/h4-6,10,15H,3,7-9H2,1-2H3,(H,16,17);1H. The number of amides is 1. The number of carbonyl (C=O) groups is 1. The van der Waals surface area contributed by atoms with Gasteiger partial charge in [0, 0.05) is 31.1 Å². The number of benzene rings is 1. The third-order valence-electron chi connectivity index (χ3n) is 3.14. The highest BCUT2D eigenvalue weighted by Gasteiger charge is 2.18. The fraction of sp³-hybridized carbons (Fsp3) is 0.500. The van der Waals surface area contributed by atoms with Crippen LogP contribution in [0.15, 0.2) is 18.2 Å². The van der Waals surface area contributed by atoms with Crippen molar-refractivity contribution < 1.29 is 14.3 Å². The molecule has 2 N–H and O–H groups in total. The third kappa shape index (κ3) is 4.02. The first kappa shape index (κ1) is 16.6. The normalized spacial score (nSPS) is 13.9. The summed E-state index contributed by atoms with van der Waals surface area (Å²) in [5.41, 5.74) is 0.590. The van der Waals surface area contributed by atoms with E-state index in [1.807, 2.05) is 6.92 Å². The van der Waals surface area contributed by atoms with E-state index in [0.717, 1.165) is 13.1 Å². The average molecular weight is 301 g/mol. The minimum absolute atomic E-state index is 0. The molecule has 0 saturated carbocycles. The molecule has 0 radical (unpaired) electrons. The molecule has 0 spiro atoms. The van der Waals surface area contributed by atoms with Gasteiger partial charge in [0.15, 0.2) is 11.5 Å². The van der Waals surface area contributed by atoms with E-state index in [-0.39, 0.29) is 18.3 Å². The quantitative estimate of drug-likeness (QED) is 0.835. The molecule has 0 aliphatic carbocycles. The van der Waals surface area contributed by atoms with Crippen molar-refractivity contribution in [2.75, 3.05) is 33.4 Å². The zero-order chi connectivity index (χ0) is 13.7. The number of hydrogen-bond acceptors (Lipinski definition) is 4. The summed E-state index contributed by atoms with van der Waals surface area (Å²) in [6, 6.07) is 5.23. The van der Waals surface area contributed by atoms with Gasteiger partial charge >= 0.3 is 0 Å². The van der Waals surface area contributed by atoms with Crippen molar-refractivity contribution in [2.45, 2.75) is 6.92 Å². The maximum atomic E-state index is 12.0. The topological polar surface area (TPSA) is 59.6 Å². The van der Waals surface area contributed by atoms with Gasteiger partial charge in [0.1, 0.15) is 0 Å². The Morgan fingerprint density at radius 1 is 1.40 bits per heavy atom. The maximum absolute atomic E-state index is 12.0. The van der Waals surface area contributed by atoms with Crippen LogP contribution in [0.1, 0.15) is 17.3 Å². The zero-order valence-electron chi connectivity index (χ0n) is 11.8. The first-order chi connectivity index (χ1) is 9.24. The first-order valence-electron chi connectivity index (χ1n) is 6.54. The molecule has 0 atom stereocenters. The highest BCUT2D eigenvalue weighted by atomic mass is 35.5. The minimum atomic E-state index is -0.0757. The molecular formula is C14H21ClN2O3. The third-order valence-corrected chi connectivity index (χ3v) is 3.14. The summed E-state index contributed by atoms with van der Waals surface area (Å²) in [6.07, 6.45) is 0. The van der Waals surface area contributed by atoms with E-state index >= 15 is 0 Å². The lowest BCUT2D eigenvalue weighted by molar-refractivity contribution is 0.0942. The van der Waals surface area contributed by atoms with E-state index in [9.17, 15) is 4.79 Å². The summed E-state index contributed by atoms with van der Waals surface area (Å²) >= 11 is 0. The molecule has 0 aromatic heterocycles. The number of carbonyl (C=O) groups excluding carboxylic acids is 1.